The lowest BCUT2D eigenvalue weighted by Crippen LogP contribution is -2.28. The van der Waals surface area contributed by atoms with E-state index in [1.807, 2.05) is 0 Å². The first kappa shape index (κ1) is 14.9. The molecular weight excluding hydrogens is 228 g/mol. The lowest BCUT2D eigenvalue weighted by Gasteiger charge is -2.30. The Hall–Kier alpha value is -0.180. The van der Waals surface area contributed by atoms with Crippen LogP contribution in [0.25, 0.3) is 0 Å². The number of aliphatic imine (C=N–C) groups is 1. The highest BCUT2D eigenvalue weighted by Crippen LogP contribution is 2.31. The highest BCUT2D eigenvalue weighted by atomic mass is 32.2. The van der Waals surface area contributed by atoms with Gasteiger partial charge in [0.2, 0.25) is 0 Å². The summed E-state index contributed by atoms with van der Waals surface area (Å²) in [5.74, 6) is 1.31. The third-order valence-corrected chi connectivity index (χ3v) is 4.71. The molecule has 0 spiro atoms. The molecule has 17 heavy (non-hydrogen) atoms. The van der Waals surface area contributed by atoms with Gasteiger partial charge >= 0.3 is 0 Å². The van der Waals surface area contributed by atoms with E-state index in [1.165, 1.54) is 44.4 Å². The minimum absolute atomic E-state index is 0.836. The van der Waals surface area contributed by atoms with E-state index in [0.29, 0.717) is 0 Å². The van der Waals surface area contributed by atoms with Crippen LogP contribution in [0, 0.1) is 0 Å². The summed E-state index contributed by atoms with van der Waals surface area (Å²) in [6.07, 6.45) is 9.39. The highest BCUT2D eigenvalue weighted by Gasteiger charge is 2.19. The van der Waals surface area contributed by atoms with Crippen molar-refractivity contribution in [1.29, 1.82) is 0 Å². The molecule has 0 atom stereocenters. The van der Waals surface area contributed by atoms with Crippen molar-refractivity contribution < 1.29 is 0 Å². The van der Waals surface area contributed by atoms with Crippen molar-refractivity contribution in [1.82, 2.24) is 4.31 Å². The molecule has 1 saturated carbocycles. The van der Waals surface area contributed by atoms with E-state index in [4.69, 9.17) is 0 Å². The average Bonchev–Trinajstić information content (AvgIpc) is 2.37. The predicted molar refractivity (Wildman–Crippen MR) is 79.7 cm³/mol. The molecule has 1 aliphatic rings. The summed E-state index contributed by atoms with van der Waals surface area (Å²) < 4.78 is 2.45. The molecule has 0 aliphatic heterocycles. The first-order chi connectivity index (χ1) is 8.31. The zero-order valence-electron chi connectivity index (χ0n) is 11.7. The van der Waals surface area contributed by atoms with Crippen LogP contribution in [0.4, 0.5) is 0 Å². The SMILES string of the molecule is CCC/C(=N/CC)N(CC)SC1CCCCC1. The lowest BCUT2D eigenvalue weighted by molar-refractivity contribution is 0.508. The fourth-order valence-electron chi connectivity index (χ4n) is 2.36. The van der Waals surface area contributed by atoms with Crippen molar-refractivity contribution in [3.05, 3.63) is 0 Å². The number of hydrogen-bond donors (Lipinski definition) is 0. The fraction of sp³-hybridized carbons (Fsp3) is 0.929. The molecule has 0 aromatic heterocycles. The van der Waals surface area contributed by atoms with Gasteiger partial charge in [0, 0.05) is 24.8 Å². The molecule has 3 heteroatoms. The van der Waals surface area contributed by atoms with Crippen LogP contribution in [-0.2, 0) is 0 Å². The summed E-state index contributed by atoms with van der Waals surface area (Å²) >= 11 is 2.06. The Morgan fingerprint density at radius 1 is 1.18 bits per heavy atom. The molecule has 1 fully saturated rings. The third-order valence-electron chi connectivity index (χ3n) is 3.22. The van der Waals surface area contributed by atoms with Crippen molar-refractivity contribution in [3.63, 3.8) is 0 Å². The van der Waals surface area contributed by atoms with E-state index in [0.717, 1.165) is 24.8 Å². The molecule has 0 aromatic rings. The van der Waals surface area contributed by atoms with Crippen molar-refractivity contribution in [2.45, 2.75) is 71.0 Å². The van der Waals surface area contributed by atoms with Crippen molar-refractivity contribution in [2.24, 2.45) is 4.99 Å². The summed E-state index contributed by atoms with van der Waals surface area (Å²) in [6, 6.07) is 0. The van der Waals surface area contributed by atoms with Crippen LogP contribution in [0.15, 0.2) is 4.99 Å². The van der Waals surface area contributed by atoms with Gasteiger partial charge in [0.25, 0.3) is 0 Å². The molecule has 0 N–H and O–H groups in total. The summed E-state index contributed by atoms with van der Waals surface area (Å²) in [4.78, 5) is 4.67. The van der Waals surface area contributed by atoms with E-state index >= 15 is 0 Å². The molecular formula is C14H28N2S. The largest absolute Gasteiger partial charge is 0.304 e. The maximum Gasteiger partial charge on any atom is 0.109 e. The van der Waals surface area contributed by atoms with Gasteiger partial charge < -0.3 is 4.31 Å². The third kappa shape index (κ3) is 5.33. The van der Waals surface area contributed by atoms with E-state index in [9.17, 15) is 0 Å². The number of amidine groups is 1. The number of hydrogen-bond acceptors (Lipinski definition) is 2. The minimum atomic E-state index is 0.836. The molecule has 2 nitrogen and oxygen atoms in total. The van der Waals surface area contributed by atoms with Crippen molar-refractivity contribution in [3.8, 4) is 0 Å². The van der Waals surface area contributed by atoms with Gasteiger partial charge in [-0.25, -0.2) is 0 Å². The molecule has 0 aromatic carbocycles. The predicted octanol–water partition coefficient (Wildman–Crippen LogP) is 4.51. The Kier molecular flexibility index (Phi) is 7.74. The summed E-state index contributed by atoms with van der Waals surface area (Å²) in [7, 11) is 0. The first-order valence-electron chi connectivity index (χ1n) is 7.29. The fourth-order valence-corrected chi connectivity index (χ4v) is 3.68. The summed E-state index contributed by atoms with van der Waals surface area (Å²) in [5, 5.41) is 0.836. The van der Waals surface area contributed by atoms with Crippen molar-refractivity contribution >= 4 is 17.8 Å². The molecule has 0 heterocycles. The van der Waals surface area contributed by atoms with Gasteiger partial charge in [-0.1, -0.05) is 26.2 Å². The normalized spacial score (nSPS) is 18.4. The van der Waals surface area contributed by atoms with Gasteiger partial charge in [-0.3, -0.25) is 4.99 Å². The minimum Gasteiger partial charge on any atom is -0.304 e. The second-order valence-electron chi connectivity index (χ2n) is 4.70. The van der Waals surface area contributed by atoms with Crippen LogP contribution < -0.4 is 0 Å². The molecule has 1 rings (SSSR count). The van der Waals surface area contributed by atoms with E-state index in [2.05, 4.69) is 42.0 Å². The van der Waals surface area contributed by atoms with Gasteiger partial charge in [0.1, 0.15) is 5.84 Å². The van der Waals surface area contributed by atoms with Gasteiger partial charge in [0.15, 0.2) is 0 Å². The van der Waals surface area contributed by atoms with Crippen LogP contribution >= 0.6 is 11.9 Å². The van der Waals surface area contributed by atoms with E-state index < -0.39 is 0 Å². The zero-order chi connectivity index (χ0) is 12.5. The van der Waals surface area contributed by atoms with Crippen LogP contribution in [0.5, 0.6) is 0 Å². The monoisotopic (exact) mass is 256 g/mol. The lowest BCUT2D eigenvalue weighted by atomic mass is 10.0. The smallest absolute Gasteiger partial charge is 0.109 e. The maximum atomic E-state index is 4.67. The molecule has 0 radical (unpaired) electrons. The van der Waals surface area contributed by atoms with Gasteiger partial charge in [-0.2, -0.15) is 0 Å². The molecule has 0 unspecified atom stereocenters. The average molecular weight is 256 g/mol. The zero-order valence-corrected chi connectivity index (χ0v) is 12.6. The number of rotatable bonds is 6. The molecule has 0 bridgehead atoms. The Bertz CT molecular complexity index is 222. The molecule has 100 valence electrons. The topological polar surface area (TPSA) is 15.6 Å². The first-order valence-corrected chi connectivity index (χ1v) is 8.13. The second kappa shape index (κ2) is 8.84. The Balaban J connectivity index is 2.51. The molecule has 0 saturated heterocycles. The van der Waals surface area contributed by atoms with Gasteiger partial charge in [-0.15, -0.1) is 0 Å². The Labute approximate surface area is 111 Å². The van der Waals surface area contributed by atoms with Crippen molar-refractivity contribution in [2.75, 3.05) is 13.1 Å². The van der Waals surface area contributed by atoms with Crippen LogP contribution in [0.1, 0.15) is 65.7 Å². The van der Waals surface area contributed by atoms with E-state index in [-0.39, 0.29) is 0 Å². The van der Waals surface area contributed by atoms with Gasteiger partial charge in [0.05, 0.1) is 0 Å². The van der Waals surface area contributed by atoms with Crippen LogP contribution in [0.3, 0.4) is 0 Å². The maximum absolute atomic E-state index is 4.67. The Morgan fingerprint density at radius 2 is 1.88 bits per heavy atom. The molecule has 0 amide bonds. The Morgan fingerprint density at radius 3 is 2.41 bits per heavy atom. The highest BCUT2D eigenvalue weighted by molar-refractivity contribution is 7.98. The summed E-state index contributed by atoms with van der Waals surface area (Å²) in [5.41, 5.74) is 0. The van der Waals surface area contributed by atoms with Gasteiger partial charge in [-0.05, 0) is 45.1 Å². The standard InChI is InChI=1S/C14H28N2S/c1-4-10-14(15-5-2)16(6-3)17-13-11-8-7-9-12-13/h13H,4-12H2,1-3H3/b15-14-. The molecule has 1 aliphatic carbocycles. The quantitative estimate of drug-likeness (QED) is 0.395. The van der Waals surface area contributed by atoms with E-state index in [1.54, 1.807) is 0 Å². The van der Waals surface area contributed by atoms with Crippen LogP contribution in [0.2, 0.25) is 0 Å². The summed E-state index contributed by atoms with van der Waals surface area (Å²) in [6.45, 7) is 8.62. The second-order valence-corrected chi connectivity index (χ2v) is 6.02. The van der Waals surface area contributed by atoms with Crippen LogP contribution in [-0.4, -0.2) is 28.5 Å². The number of nitrogens with zero attached hydrogens (tertiary/aromatic N) is 2.